The van der Waals surface area contributed by atoms with Crippen LogP contribution in [-0.4, -0.2) is 34.3 Å². The fourth-order valence-corrected chi connectivity index (χ4v) is 4.55. The minimum atomic E-state index is -0.313. The van der Waals surface area contributed by atoms with Crippen LogP contribution in [0.1, 0.15) is 35.6 Å². The van der Waals surface area contributed by atoms with Gasteiger partial charge in [-0.2, -0.15) is 0 Å². The van der Waals surface area contributed by atoms with Gasteiger partial charge in [-0.15, -0.1) is 11.3 Å². The molecule has 0 fully saturated rings. The van der Waals surface area contributed by atoms with Crippen LogP contribution in [0.15, 0.2) is 66.7 Å². The fraction of sp³-hybridized carbons (Fsp3) is 0.308. The second-order valence-corrected chi connectivity index (χ2v) is 9.88. The van der Waals surface area contributed by atoms with E-state index in [0.717, 1.165) is 16.9 Å². The predicted octanol–water partition coefficient (Wildman–Crippen LogP) is 6.57. The summed E-state index contributed by atoms with van der Waals surface area (Å²) in [6.45, 7) is 7.01. The molecule has 0 saturated carbocycles. The quantitative estimate of drug-likeness (QED) is 0.374. The van der Waals surface area contributed by atoms with Crippen molar-refractivity contribution in [2.75, 3.05) is 11.9 Å². The number of aryl methyl sites for hydroxylation is 1. The molecule has 0 aliphatic heterocycles. The van der Waals surface area contributed by atoms with Crippen LogP contribution in [0, 0.1) is 6.92 Å². The number of thiophene rings is 1. The van der Waals surface area contributed by atoms with Crippen LogP contribution in [0.25, 0.3) is 0 Å². The van der Waals surface area contributed by atoms with Gasteiger partial charge in [-0.1, -0.05) is 54.9 Å². The maximum Gasteiger partial charge on any atom is 0.322 e. The average molecular weight is 484 g/mol. The number of nitrogens with zero attached hydrogens (tertiary/aromatic N) is 2. The van der Waals surface area contributed by atoms with Crippen molar-refractivity contribution in [2.45, 2.75) is 46.3 Å². The van der Waals surface area contributed by atoms with Crippen molar-refractivity contribution in [1.29, 1.82) is 0 Å². The molecule has 0 saturated heterocycles. The Labute approximate surface area is 205 Å². The van der Waals surface area contributed by atoms with Gasteiger partial charge in [0.15, 0.2) is 0 Å². The molecule has 1 atom stereocenters. The van der Waals surface area contributed by atoms with Gasteiger partial charge in [0.1, 0.15) is 6.54 Å². The standard InChI is InChI=1S/C26H30ClN3O2S/c1-4-19(2)30(26(32)28-23-12-8-11-22(27)15-23)18-25(31)29(16-21-9-6-5-7-10-21)17-24-14-13-20(3)33-24/h5-15,19H,4,16-18H2,1-3H3,(H,28,32). The molecule has 0 bridgehead atoms. The minimum Gasteiger partial charge on any atom is -0.332 e. The lowest BCUT2D eigenvalue weighted by Crippen LogP contribution is -2.47. The third-order valence-corrected chi connectivity index (χ3v) is 6.70. The summed E-state index contributed by atoms with van der Waals surface area (Å²) in [5, 5.41) is 3.42. The molecule has 0 aliphatic rings. The molecule has 1 aromatic heterocycles. The van der Waals surface area contributed by atoms with E-state index in [1.807, 2.05) is 49.1 Å². The van der Waals surface area contributed by atoms with Gasteiger partial charge >= 0.3 is 6.03 Å². The summed E-state index contributed by atoms with van der Waals surface area (Å²) in [5.74, 6) is -0.0912. The number of amides is 3. The van der Waals surface area contributed by atoms with Crippen molar-refractivity contribution in [1.82, 2.24) is 9.80 Å². The van der Waals surface area contributed by atoms with Crippen molar-refractivity contribution >= 4 is 40.6 Å². The zero-order chi connectivity index (χ0) is 23.8. The van der Waals surface area contributed by atoms with Crippen molar-refractivity contribution in [2.24, 2.45) is 0 Å². The normalized spacial score (nSPS) is 11.6. The topological polar surface area (TPSA) is 52.7 Å². The summed E-state index contributed by atoms with van der Waals surface area (Å²) in [4.78, 5) is 32.3. The van der Waals surface area contributed by atoms with Crippen LogP contribution in [0.5, 0.6) is 0 Å². The molecular weight excluding hydrogens is 454 g/mol. The van der Waals surface area contributed by atoms with Gasteiger partial charge in [0.2, 0.25) is 5.91 Å². The highest BCUT2D eigenvalue weighted by atomic mass is 35.5. The lowest BCUT2D eigenvalue weighted by atomic mass is 10.2. The number of hydrogen-bond donors (Lipinski definition) is 1. The lowest BCUT2D eigenvalue weighted by Gasteiger charge is -2.31. The monoisotopic (exact) mass is 483 g/mol. The molecule has 0 spiro atoms. The third kappa shape index (κ3) is 7.34. The molecule has 2 aromatic carbocycles. The number of halogens is 1. The van der Waals surface area contributed by atoms with Crippen LogP contribution in [0.3, 0.4) is 0 Å². The van der Waals surface area contributed by atoms with Gasteiger partial charge in [-0.05, 0) is 56.2 Å². The van der Waals surface area contributed by atoms with Crippen LogP contribution < -0.4 is 5.32 Å². The fourth-order valence-electron chi connectivity index (χ4n) is 3.45. The summed E-state index contributed by atoms with van der Waals surface area (Å²) in [5.41, 5.74) is 1.65. The summed E-state index contributed by atoms with van der Waals surface area (Å²) in [7, 11) is 0. The van der Waals surface area contributed by atoms with Crippen molar-refractivity contribution in [3.8, 4) is 0 Å². The van der Waals surface area contributed by atoms with Crippen molar-refractivity contribution < 1.29 is 9.59 Å². The molecule has 174 valence electrons. The maximum absolute atomic E-state index is 13.5. The Morgan fingerprint density at radius 2 is 1.79 bits per heavy atom. The summed E-state index contributed by atoms with van der Waals surface area (Å²) in [6, 6.07) is 20.6. The van der Waals surface area contributed by atoms with E-state index >= 15 is 0 Å². The second-order valence-electron chi connectivity index (χ2n) is 8.07. The Bertz CT molecular complexity index is 1070. The van der Waals surface area contributed by atoms with E-state index in [2.05, 4.69) is 24.4 Å². The smallest absolute Gasteiger partial charge is 0.322 e. The maximum atomic E-state index is 13.5. The second kappa shape index (κ2) is 11.9. The molecule has 3 rings (SSSR count). The van der Waals surface area contributed by atoms with Crippen molar-refractivity contribution in [3.05, 3.63) is 87.1 Å². The number of anilines is 1. The van der Waals surface area contributed by atoms with Gasteiger partial charge in [0.05, 0.1) is 6.54 Å². The lowest BCUT2D eigenvalue weighted by molar-refractivity contribution is -0.133. The first-order chi connectivity index (χ1) is 15.9. The highest BCUT2D eigenvalue weighted by Gasteiger charge is 2.25. The van der Waals surface area contributed by atoms with Gasteiger partial charge in [0, 0.05) is 33.1 Å². The molecule has 1 N–H and O–H groups in total. The number of carbonyl (C=O) groups excluding carboxylic acids is 2. The molecule has 0 radical (unpaired) electrons. The highest BCUT2D eigenvalue weighted by Crippen LogP contribution is 2.20. The van der Waals surface area contributed by atoms with E-state index in [9.17, 15) is 9.59 Å². The SMILES string of the molecule is CCC(C)N(CC(=O)N(Cc1ccccc1)Cc1ccc(C)s1)C(=O)Nc1cccc(Cl)c1. The largest absolute Gasteiger partial charge is 0.332 e. The van der Waals surface area contributed by atoms with E-state index in [1.54, 1.807) is 40.5 Å². The Balaban J connectivity index is 1.78. The van der Waals surface area contributed by atoms with Crippen molar-refractivity contribution in [3.63, 3.8) is 0 Å². The van der Waals surface area contributed by atoms with E-state index < -0.39 is 0 Å². The Morgan fingerprint density at radius 3 is 2.42 bits per heavy atom. The van der Waals surface area contributed by atoms with Gasteiger partial charge in [-0.25, -0.2) is 4.79 Å². The Kier molecular flexibility index (Phi) is 8.92. The molecule has 5 nitrogen and oxygen atoms in total. The average Bonchev–Trinajstić information content (AvgIpc) is 3.21. The van der Waals surface area contributed by atoms with E-state index in [4.69, 9.17) is 11.6 Å². The van der Waals surface area contributed by atoms with Gasteiger partial charge < -0.3 is 15.1 Å². The number of carbonyl (C=O) groups is 2. The van der Waals surface area contributed by atoms with Gasteiger partial charge in [-0.3, -0.25) is 4.79 Å². The summed E-state index contributed by atoms with van der Waals surface area (Å²) < 4.78 is 0. The molecule has 1 unspecified atom stereocenters. The number of urea groups is 1. The molecule has 1 heterocycles. The number of hydrogen-bond acceptors (Lipinski definition) is 3. The number of nitrogens with one attached hydrogen (secondary N) is 1. The van der Waals surface area contributed by atoms with E-state index in [1.165, 1.54) is 4.88 Å². The van der Waals surface area contributed by atoms with Gasteiger partial charge in [0.25, 0.3) is 0 Å². The summed E-state index contributed by atoms with van der Waals surface area (Å²) >= 11 is 7.74. The van der Waals surface area contributed by atoms with Crippen LogP contribution in [-0.2, 0) is 17.9 Å². The predicted molar refractivity (Wildman–Crippen MR) is 137 cm³/mol. The molecule has 3 amide bonds. The molecular formula is C26H30ClN3O2S. The van der Waals surface area contributed by atoms with E-state index in [0.29, 0.717) is 23.8 Å². The highest BCUT2D eigenvalue weighted by molar-refractivity contribution is 7.11. The number of rotatable bonds is 9. The Morgan fingerprint density at radius 1 is 1.03 bits per heavy atom. The zero-order valence-corrected chi connectivity index (χ0v) is 20.8. The van der Waals surface area contributed by atoms with Crippen LogP contribution >= 0.6 is 22.9 Å². The minimum absolute atomic E-state index is 0.00139. The summed E-state index contributed by atoms with van der Waals surface area (Å²) in [6.07, 6.45) is 0.735. The third-order valence-electron chi connectivity index (χ3n) is 5.48. The van der Waals surface area contributed by atoms with Crippen LogP contribution in [0.2, 0.25) is 5.02 Å². The molecule has 33 heavy (non-hydrogen) atoms. The van der Waals surface area contributed by atoms with Crippen LogP contribution in [0.4, 0.5) is 10.5 Å². The number of benzene rings is 2. The first-order valence-electron chi connectivity index (χ1n) is 11.1. The first kappa shape index (κ1) is 24.8. The molecule has 3 aromatic rings. The molecule has 0 aliphatic carbocycles. The zero-order valence-electron chi connectivity index (χ0n) is 19.3. The van der Waals surface area contributed by atoms with E-state index in [-0.39, 0.29) is 24.5 Å². The first-order valence-corrected chi connectivity index (χ1v) is 12.3. The Hall–Kier alpha value is -2.83. The molecule has 7 heteroatoms.